The summed E-state index contributed by atoms with van der Waals surface area (Å²) in [4.78, 5) is 34.0. The minimum Gasteiger partial charge on any atom is -0.453 e. The molecule has 2 aliphatic rings. The summed E-state index contributed by atoms with van der Waals surface area (Å²) in [5, 5.41) is 5.33. The molecular weight excluding hydrogens is 473 g/mol. The number of carbonyl (C=O) groups is 2. The van der Waals surface area contributed by atoms with E-state index in [1.165, 1.54) is 23.5 Å². The number of aromatic nitrogens is 1. The van der Waals surface area contributed by atoms with E-state index in [0.29, 0.717) is 58.9 Å². The highest BCUT2D eigenvalue weighted by molar-refractivity contribution is 7.21. The monoisotopic (exact) mass is 499 g/mol. The van der Waals surface area contributed by atoms with Gasteiger partial charge in [0.2, 0.25) is 0 Å². The van der Waals surface area contributed by atoms with Crippen molar-refractivity contribution < 1.29 is 23.5 Å². The number of nitrogens with one attached hydrogen (secondary N) is 2. The predicted octanol–water partition coefficient (Wildman–Crippen LogP) is 3.52. The Balaban J connectivity index is 1.30. The number of amides is 3. The Labute approximate surface area is 205 Å². The number of likely N-dealkylation sites (N-methyl/N-ethyl adjacent to an activating group) is 1. The number of anilines is 1. The average molecular weight is 500 g/mol. The molecule has 0 radical (unpaired) electrons. The second kappa shape index (κ2) is 9.76. The number of rotatable bonds is 6. The van der Waals surface area contributed by atoms with Crippen molar-refractivity contribution in [3.63, 3.8) is 0 Å². The maximum Gasteiger partial charge on any atom is 0.319 e. The van der Waals surface area contributed by atoms with Crippen molar-refractivity contribution in [1.82, 2.24) is 20.1 Å². The Kier molecular flexibility index (Phi) is 6.54. The molecule has 5 rings (SSSR count). The van der Waals surface area contributed by atoms with Gasteiger partial charge < -0.3 is 29.9 Å². The molecule has 9 nitrogen and oxygen atoms in total. The summed E-state index contributed by atoms with van der Waals surface area (Å²) in [5.41, 5.74) is 0.924. The Morgan fingerprint density at radius 1 is 1.23 bits per heavy atom. The van der Waals surface area contributed by atoms with E-state index in [-0.39, 0.29) is 17.7 Å². The normalized spacial score (nSPS) is 18.1. The van der Waals surface area contributed by atoms with Crippen molar-refractivity contribution in [2.75, 3.05) is 45.7 Å². The SMILES string of the molecule is CN(C)[C@H]1CCN(C(=O)c2cc3nccc(Oc4ccc(NC(=O)NC5COC5)cc4F)c3s2)C1. The summed E-state index contributed by atoms with van der Waals surface area (Å²) in [6, 6.07) is 7.51. The van der Waals surface area contributed by atoms with Gasteiger partial charge >= 0.3 is 6.03 Å². The number of thiophene rings is 1. The van der Waals surface area contributed by atoms with Gasteiger partial charge in [-0.1, -0.05) is 0 Å². The highest BCUT2D eigenvalue weighted by atomic mass is 32.1. The number of urea groups is 1. The zero-order valence-electron chi connectivity index (χ0n) is 19.4. The molecule has 0 aliphatic carbocycles. The van der Waals surface area contributed by atoms with Gasteiger partial charge in [-0.05, 0) is 38.7 Å². The zero-order valence-corrected chi connectivity index (χ0v) is 20.2. The van der Waals surface area contributed by atoms with E-state index in [9.17, 15) is 14.0 Å². The number of pyridine rings is 1. The van der Waals surface area contributed by atoms with Gasteiger partial charge in [0.15, 0.2) is 11.6 Å². The van der Waals surface area contributed by atoms with Gasteiger partial charge in [0, 0.05) is 43.1 Å². The largest absolute Gasteiger partial charge is 0.453 e. The molecule has 11 heteroatoms. The third-order valence-corrected chi connectivity index (χ3v) is 7.28. The highest BCUT2D eigenvalue weighted by Gasteiger charge is 2.29. The van der Waals surface area contributed by atoms with Crippen LogP contribution < -0.4 is 15.4 Å². The first-order valence-corrected chi connectivity index (χ1v) is 12.2. The first kappa shape index (κ1) is 23.5. The van der Waals surface area contributed by atoms with E-state index in [0.717, 1.165) is 6.42 Å². The van der Waals surface area contributed by atoms with E-state index >= 15 is 0 Å². The second-order valence-electron chi connectivity index (χ2n) is 8.87. The van der Waals surface area contributed by atoms with Crippen LogP contribution in [0.15, 0.2) is 36.5 Å². The van der Waals surface area contributed by atoms with Gasteiger partial charge in [-0.15, -0.1) is 11.3 Å². The van der Waals surface area contributed by atoms with Gasteiger partial charge in [0.05, 0.1) is 34.3 Å². The fraction of sp³-hybridized carbons (Fsp3) is 0.375. The first-order valence-electron chi connectivity index (χ1n) is 11.3. The van der Waals surface area contributed by atoms with Crippen LogP contribution in [-0.2, 0) is 4.74 Å². The van der Waals surface area contributed by atoms with E-state index in [4.69, 9.17) is 9.47 Å². The molecule has 0 bridgehead atoms. The molecular formula is C24H26FN5O4S. The van der Waals surface area contributed by atoms with Gasteiger partial charge in [-0.25, -0.2) is 9.18 Å². The van der Waals surface area contributed by atoms with Crippen LogP contribution in [-0.4, -0.2) is 79.2 Å². The standard InChI is InChI=1S/C24H26FN5O4S/c1-29(2)16-6-8-30(11-16)23(31)21-10-18-22(35-21)20(5-7-26-18)34-19-4-3-14(9-17(19)25)27-24(32)28-15-12-33-13-15/h3-5,7,9-10,15-16H,6,8,11-13H2,1-2H3,(H2,27,28,32)/t16-/m0/s1. The van der Waals surface area contributed by atoms with Crippen molar-refractivity contribution in [2.24, 2.45) is 0 Å². The molecule has 35 heavy (non-hydrogen) atoms. The number of halogens is 1. The van der Waals surface area contributed by atoms with Gasteiger partial charge in [0.1, 0.15) is 5.75 Å². The minimum atomic E-state index is -0.626. The molecule has 184 valence electrons. The summed E-state index contributed by atoms with van der Waals surface area (Å²) in [7, 11) is 4.04. The van der Waals surface area contributed by atoms with Crippen molar-refractivity contribution in [2.45, 2.75) is 18.5 Å². The molecule has 2 fully saturated rings. The Morgan fingerprint density at radius 2 is 2.06 bits per heavy atom. The van der Waals surface area contributed by atoms with E-state index in [1.807, 2.05) is 19.0 Å². The van der Waals surface area contributed by atoms with E-state index in [2.05, 4.69) is 20.5 Å². The van der Waals surface area contributed by atoms with Crippen LogP contribution in [0.4, 0.5) is 14.9 Å². The minimum absolute atomic E-state index is 0.00509. The summed E-state index contributed by atoms with van der Waals surface area (Å²) in [6.45, 7) is 2.35. The lowest BCUT2D eigenvalue weighted by molar-refractivity contribution is 0.000734. The Hall–Kier alpha value is -3.28. The molecule has 3 aromatic rings. The Morgan fingerprint density at radius 3 is 2.74 bits per heavy atom. The number of carbonyl (C=O) groups excluding carboxylic acids is 2. The fourth-order valence-electron chi connectivity index (χ4n) is 4.06. The fourth-order valence-corrected chi connectivity index (χ4v) is 5.09. The molecule has 0 saturated carbocycles. The van der Waals surface area contributed by atoms with Crippen LogP contribution in [0, 0.1) is 5.82 Å². The summed E-state index contributed by atoms with van der Waals surface area (Å²) >= 11 is 1.29. The lowest BCUT2D eigenvalue weighted by atomic mass is 10.2. The molecule has 0 spiro atoms. The van der Waals surface area contributed by atoms with Crippen LogP contribution in [0.2, 0.25) is 0 Å². The number of ether oxygens (including phenoxy) is 2. The highest BCUT2D eigenvalue weighted by Crippen LogP contribution is 2.37. The second-order valence-corrected chi connectivity index (χ2v) is 9.92. The topological polar surface area (TPSA) is 96.0 Å². The van der Waals surface area contributed by atoms with Crippen LogP contribution in [0.1, 0.15) is 16.1 Å². The lowest BCUT2D eigenvalue weighted by Crippen LogP contribution is -2.49. The molecule has 0 unspecified atom stereocenters. The van der Waals surface area contributed by atoms with E-state index in [1.54, 1.807) is 24.4 Å². The average Bonchev–Trinajstić information content (AvgIpc) is 3.46. The van der Waals surface area contributed by atoms with Crippen LogP contribution in [0.5, 0.6) is 11.5 Å². The number of hydrogen-bond donors (Lipinski definition) is 2. The molecule has 2 aliphatic heterocycles. The molecule has 2 aromatic heterocycles. The first-order chi connectivity index (χ1) is 16.9. The van der Waals surface area contributed by atoms with Crippen molar-refractivity contribution in [3.8, 4) is 11.5 Å². The molecule has 2 N–H and O–H groups in total. The zero-order chi connectivity index (χ0) is 24.5. The van der Waals surface area contributed by atoms with Gasteiger partial charge in [-0.3, -0.25) is 9.78 Å². The molecule has 4 heterocycles. The number of fused-ring (bicyclic) bond motifs is 1. The van der Waals surface area contributed by atoms with Gasteiger partial charge in [-0.2, -0.15) is 0 Å². The number of benzene rings is 1. The van der Waals surface area contributed by atoms with Crippen LogP contribution in [0.3, 0.4) is 0 Å². The molecule has 1 atom stereocenters. The smallest absolute Gasteiger partial charge is 0.319 e. The molecule has 2 saturated heterocycles. The number of likely N-dealkylation sites (tertiary alicyclic amines) is 1. The predicted molar refractivity (Wildman–Crippen MR) is 131 cm³/mol. The van der Waals surface area contributed by atoms with Crippen molar-refractivity contribution in [3.05, 3.63) is 47.2 Å². The van der Waals surface area contributed by atoms with E-state index < -0.39 is 11.8 Å². The van der Waals surface area contributed by atoms with Crippen LogP contribution in [0.25, 0.3) is 10.2 Å². The summed E-state index contributed by atoms with van der Waals surface area (Å²) in [5.74, 6) is -0.240. The summed E-state index contributed by atoms with van der Waals surface area (Å²) in [6.07, 6.45) is 2.51. The van der Waals surface area contributed by atoms with Gasteiger partial charge in [0.25, 0.3) is 5.91 Å². The van der Waals surface area contributed by atoms with Crippen LogP contribution >= 0.6 is 11.3 Å². The maximum absolute atomic E-state index is 14.8. The van der Waals surface area contributed by atoms with Crippen molar-refractivity contribution in [1.29, 1.82) is 0 Å². The molecule has 1 aromatic carbocycles. The maximum atomic E-state index is 14.8. The third-order valence-electron chi connectivity index (χ3n) is 6.15. The lowest BCUT2D eigenvalue weighted by Gasteiger charge is -2.26. The number of nitrogens with zero attached hydrogens (tertiary/aromatic N) is 3. The van der Waals surface area contributed by atoms with Crippen molar-refractivity contribution >= 4 is 39.2 Å². The summed E-state index contributed by atoms with van der Waals surface area (Å²) < 4.78 is 26.3. The number of hydrogen-bond acceptors (Lipinski definition) is 7. The quantitative estimate of drug-likeness (QED) is 0.539. The third kappa shape index (κ3) is 5.07. The Bertz CT molecular complexity index is 1260. The molecule has 3 amide bonds.